The van der Waals surface area contributed by atoms with E-state index in [1.165, 1.54) is 0 Å². The van der Waals surface area contributed by atoms with Crippen molar-refractivity contribution < 1.29 is 13.9 Å². The molecule has 1 saturated carbocycles. The molecule has 3 N–H and O–H groups in total. The van der Waals surface area contributed by atoms with E-state index in [4.69, 9.17) is 14.9 Å². The van der Waals surface area contributed by atoms with Crippen LogP contribution in [0, 0.1) is 0 Å². The zero-order valence-electron chi connectivity index (χ0n) is 11.2. The van der Waals surface area contributed by atoms with Crippen molar-refractivity contribution in [3.8, 4) is 0 Å². The zero-order chi connectivity index (χ0) is 13.6. The van der Waals surface area contributed by atoms with Crippen LogP contribution in [0.4, 0.5) is 0 Å². The molecule has 106 valence electrons. The molecule has 0 radical (unpaired) electrons. The second-order valence-electron chi connectivity index (χ2n) is 5.10. The number of furan rings is 1. The van der Waals surface area contributed by atoms with Gasteiger partial charge >= 0.3 is 0 Å². The summed E-state index contributed by atoms with van der Waals surface area (Å²) in [5.74, 6) is 0.798. The molecule has 1 heterocycles. The Balaban J connectivity index is 1.53. The van der Waals surface area contributed by atoms with E-state index in [0.29, 0.717) is 19.8 Å². The van der Waals surface area contributed by atoms with Crippen molar-refractivity contribution >= 4 is 5.91 Å². The van der Waals surface area contributed by atoms with Crippen LogP contribution in [-0.4, -0.2) is 24.6 Å². The van der Waals surface area contributed by atoms with E-state index in [1.807, 2.05) is 12.1 Å². The van der Waals surface area contributed by atoms with Crippen LogP contribution in [0.2, 0.25) is 0 Å². The highest BCUT2D eigenvalue weighted by atomic mass is 16.5. The summed E-state index contributed by atoms with van der Waals surface area (Å²) < 4.78 is 10.6. The van der Waals surface area contributed by atoms with E-state index in [2.05, 4.69) is 5.32 Å². The Kier molecular flexibility index (Phi) is 4.99. The maximum absolute atomic E-state index is 11.9. The number of carbonyl (C=O) groups is 1. The van der Waals surface area contributed by atoms with E-state index < -0.39 is 5.54 Å². The molecule has 1 aliphatic rings. The lowest BCUT2D eigenvalue weighted by molar-refractivity contribution is -0.126. The van der Waals surface area contributed by atoms with Gasteiger partial charge in [-0.05, 0) is 31.4 Å². The fourth-order valence-electron chi connectivity index (χ4n) is 2.35. The monoisotopic (exact) mass is 266 g/mol. The van der Waals surface area contributed by atoms with Crippen LogP contribution in [-0.2, 0) is 16.1 Å². The lowest BCUT2D eigenvalue weighted by atomic mass is 9.98. The quantitative estimate of drug-likeness (QED) is 0.734. The zero-order valence-corrected chi connectivity index (χ0v) is 11.2. The van der Waals surface area contributed by atoms with Gasteiger partial charge in [-0.1, -0.05) is 12.8 Å². The number of nitrogens with one attached hydrogen (secondary N) is 1. The summed E-state index contributed by atoms with van der Waals surface area (Å²) in [5, 5.41) is 2.89. The van der Waals surface area contributed by atoms with Gasteiger partial charge in [0.15, 0.2) is 0 Å². The highest BCUT2D eigenvalue weighted by Crippen LogP contribution is 2.27. The van der Waals surface area contributed by atoms with Gasteiger partial charge < -0.3 is 20.2 Å². The van der Waals surface area contributed by atoms with Crippen LogP contribution >= 0.6 is 0 Å². The number of carbonyl (C=O) groups excluding carboxylic acids is 1. The van der Waals surface area contributed by atoms with Crippen molar-refractivity contribution in [3.63, 3.8) is 0 Å². The number of ether oxygens (including phenoxy) is 1. The standard InChI is InChI=1S/C14H22N2O3/c15-14(6-1-2-7-14)13(17)16-8-4-9-18-11-12-5-3-10-19-12/h3,5,10H,1-2,4,6-9,11,15H2,(H,16,17). The molecule has 0 saturated heterocycles. The third-order valence-corrected chi connectivity index (χ3v) is 3.52. The molecule has 5 heteroatoms. The first-order valence-electron chi connectivity index (χ1n) is 6.88. The first kappa shape index (κ1) is 14.1. The Bertz CT molecular complexity index is 383. The minimum absolute atomic E-state index is 0.0176. The lowest BCUT2D eigenvalue weighted by Crippen LogP contribution is -2.52. The molecule has 5 nitrogen and oxygen atoms in total. The second-order valence-corrected chi connectivity index (χ2v) is 5.10. The molecule has 0 spiro atoms. The molecule has 19 heavy (non-hydrogen) atoms. The van der Waals surface area contributed by atoms with E-state index in [0.717, 1.165) is 37.9 Å². The van der Waals surface area contributed by atoms with Crippen molar-refractivity contribution in [3.05, 3.63) is 24.2 Å². The van der Waals surface area contributed by atoms with Crippen LogP contribution in [0.5, 0.6) is 0 Å². The molecule has 0 unspecified atom stereocenters. The first-order valence-corrected chi connectivity index (χ1v) is 6.88. The number of rotatable bonds is 7. The summed E-state index contributed by atoms with van der Waals surface area (Å²) in [6.45, 7) is 1.68. The Morgan fingerprint density at radius 3 is 2.95 bits per heavy atom. The molecule has 1 aromatic heterocycles. The number of nitrogens with two attached hydrogens (primary N) is 1. The van der Waals surface area contributed by atoms with Crippen LogP contribution in [0.1, 0.15) is 37.9 Å². The average molecular weight is 266 g/mol. The van der Waals surface area contributed by atoms with E-state index in [1.54, 1.807) is 6.26 Å². The largest absolute Gasteiger partial charge is 0.467 e. The predicted molar refractivity (Wildman–Crippen MR) is 71.4 cm³/mol. The topological polar surface area (TPSA) is 77.5 Å². The van der Waals surface area contributed by atoms with Crippen LogP contribution < -0.4 is 11.1 Å². The molecule has 0 bridgehead atoms. The summed E-state index contributed by atoms with van der Waals surface area (Å²) in [4.78, 5) is 11.9. The lowest BCUT2D eigenvalue weighted by Gasteiger charge is -2.22. The maximum Gasteiger partial charge on any atom is 0.240 e. The van der Waals surface area contributed by atoms with E-state index in [9.17, 15) is 4.79 Å². The molecule has 2 rings (SSSR count). The third kappa shape index (κ3) is 4.08. The molecule has 1 fully saturated rings. The van der Waals surface area contributed by atoms with Gasteiger partial charge in [0.05, 0.1) is 11.8 Å². The Hall–Kier alpha value is -1.33. The van der Waals surface area contributed by atoms with E-state index in [-0.39, 0.29) is 5.91 Å². The first-order chi connectivity index (χ1) is 9.21. The van der Waals surface area contributed by atoms with Crippen molar-refractivity contribution in [1.82, 2.24) is 5.32 Å². The Morgan fingerprint density at radius 1 is 1.47 bits per heavy atom. The van der Waals surface area contributed by atoms with Crippen LogP contribution in [0.25, 0.3) is 0 Å². The SMILES string of the molecule is NC1(C(=O)NCCCOCc2ccco2)CCCC1. The predicted octanol–water partition coefficient (Wildman–Crippen LogP) is 1.57. The third-order valence-electron chi connectivity index (χ3n) is 3.52. The van der Waals surface area contributed by atoms with Crippen molar-refractivity contribution in [2.24, 2.45) is 5.73 Å². The summed E-state index contributed by atoms with van der Waals surface area (Å²) in [7, 11) is 0. The fraction of sp³-hybridized carbons (Fsp3) is 0.643. The van der Waals surface area contributed by atoms with Crippen LogP contribution in [0.3, 0.4) is 0 Å². The molecule has 1 aliphatic carbocycles. The number of hydrogen-bond acceptors (Lipinski definition) is 4. The summed E-state index contributed by atoms with van der Waals surface area (Å²) in [6.07, 6.45) is 6.11. The minimum Gasteiger partial charge on any atom is -0.467 e. The van der Waals surface area contributed by atoms with E-state index >= 15 is 0 Å². The molecule has 0 atom stereocenters. The van der Waals surface area contributed by atoms with Gasteiger partial charge in [0.1, 0.15) is 12.4 Å². The maximum atomic E-state index is 11.9. The molecular formula is C14H22N2O3. The summed E-state index contributed by atoms with van der Waals surface area (Å²) in [6, 6.07) is 3.71. The van der Waals surface area contributed by atoms with Gasteiger partial charge in [-0.15, -0.1) is 0 Å². The second kappa shape index (κ2) is 6.73. The van der Waals surface area contributed by atoms with Crippen LogP contribution in [0.15, 0.2) is 22.8 Å². The van der Waals surface area contributed by atoms with Gasteiger partial charge in [-0.2, -0.15) is 0 Å². The van der Waals surface area contributed by atoms with Crippen molar-refractivity contribution in [2.75, 3.05) is 13.2 Å². The Morgan fingerprint density at radius 2 is 2.26 bits per heavy atom. The molecular weight excluding hydrogens is 244 g/mol. The van der Waals surface area contributed by atoms with Crippen molar-refractivity contribution in [2.45, 2.75) is 44.2 Å². The minimum atomic E-state index is -0.630. The summed E-state index contributed by atoms with van der Waals surface area (Å²) in [5.41, 5.74) is 5.42. The van der Waals surface area contributed by atoms with Gasteiger partial charge in [-0.3, -0.25) is 4.79 Å². The van der Waals surface area contributed by atoms with Gasteiger partial charge in [0, 0.05) is 13.2 Å². The fourth-order valence-corrected chi connectivity index (χ4v) is 2.35. The highest BCUT2D eigenvalue weighted by Gasteiger charge is 2.36. The molecule has 1 aromatic rings. The van der Waals surface area contributed by atoms with Crippen molar-refractivity contribution in [1.29, 1.82) is 0 Å². The number of amides is 1. The van der Waals surface area contributed by atoms with Gasteiger partial charge in [-0.25, -0.2) is 0 Å². The smallest absolute Gasteiger partial charge is 0.240 e. The normalized spacial score (nSPS) is 17.5. The molecule has 1 amide bonds. The molecule has 0 aliphatic heterocycles. The number of hydrogen-bond donors (Lipinski definition) is 2. The Labute approximate surface area is 113 Å². The van der Waals surface area contributed by atoms with Gasteiger partial charge in [0.2, 0.25) is 5.91 Å². The average Bonchev–Trinajstić information content (AvgIpc) is 3.05. The summed E-state index contributed by atoms with van der Waals surface area (Å²) >= 11 is 0. The highest BCUT2D eigenvalue weighted by molar-refractivity contribution is 5.86. The van der Waals surface area contributed by atoms with Gasteiger partial charge in [0.25, 0.3) is 0 Å². The molecule has 0 aromatic carbocycles.